The number of rotatable bonds is 2. The first-order valence-corrected chi connectivity index (χ1v) is 7.69. The van der Waals surface area contributed by atoms with Crippen molar-refractivity contribution < 1.29 is 9.59 Å². The third kappa shape index (κ3) is 2.46. The molecule has 1 saturated carbocycles. The maximum Gasteiger partial charge on any atom is 0.254 e. The van der Waals surface area contributed by atoms with Crippen molar-refractivity contribution in [3.8, 4) is 0 Å². The molecule has 1 atom stereocenters. The Bertz CT molecular complexity index is 557. The van der Waals surface area contributed by atoms with E-state index < -0.39 is 0 Å². The third-order valence-electron chi connectivity index (χ3n) is 4.04. The van der Waals surface area contributed by atoms with Gasteiger partial charge in [0.1, 0.15) is 6.04 Å². The molecule has 1 aromatic rings. The summed E-state index contributed by atoms with van der Waals surface area (Å²) in [4.78, 5) is 28.5. The van der Waals surface area contributed by atoms with Gasteiger partial charge in [-0.15, -0.1) is 0 Å². The number of halogens is 1. The second-order valence-corrected chi connectivity index (χ2v) is 6.47. The zero-order valence-electron chi connectivity index (χ0n) is 11.4. The van der Waals surface area contributed by atoms with E-state index in [4.69, 9.17) is 0 Å². The largest absolute Gasteiger partial charge is 0.342 e. The number of carbonyl (C=O) groups is 2. The van der Waals surface area contributed by atoms with Crippen LogP contribution < -0.4 is 0 Å². The van der Waals surface area contributed by atoms with Gasteiger partial charge in [-0.25, -0.2) is 0 Å². The van der Waals surface area contributed by atoms with Crippen LogP contribution in [-0.2, 0) is 4.79 Å². The van der Waals surface area contributed by atoms with E-state index in [-0.39, 0.29) is 17.9 Å². The molecule has 1 unspecified atom stereocenters. The second kappa shape index (κ2) is 5.20. The third-order valence-corrected chi connectivity index (χ3v) is 4.54. The Labute approximate surface area is 126 Å². The van der Waals surface area contributed by atoms with Crippen LogP contribution in [0.15, 0.2) is 28.7 Å². The Balaban J connectivity index is 1.87. The Morgan fingerprint density at radius 3 is 2.70 bits per heavy atom. The monoisotopic (exact) mass is 336 g/mol. The molecule has 0 spiro atoms. The molecule has 0 radical (unpaired) electrons. The van der Waals surface area contributed by atoms with Gasteiger partial charge in [-0.3, -0.25) is 9.59 Å². The van der Waals surface area contributed by atoms with Crippen LogP contribution in [0.4, 0.5) is 0 Å². The predicted octanol–water partition coefficient (Wildman–Crippen LogP) is 2.14. The minimum Gasteiger partial charge on any atom is -0.342 e. The molecule has 1 aliphatic heterocycles. The number of benzene rings is 1. The molecular formula is C15H17BrN2O2. The van der Waals surface area contributed by atoms with Crippen LogP contribution in [0.5, 0.6) is 0 Å². The summed E-state index contributed by atoms with van der Waals surface area (Å²) in [7, 11) is 1.82. The van der Waals surface area contributed by atoms with E-state index in [1.54, 1.807) is 15.9 Å². The van der Waals surface area contributed by atoms with E-state index in [1.165, 1.54) is 0 Å². The average molecular weight is 337 g/mol. The molecule has 1 aromatic carbocycles. The Hall–Kier alpha value is -1.36. The molecule has 0 bridgehead atoms. The summed E-state index contributed by atoms with van der Waals surface area (Å²) in [6.45, 7) is 1.23. The van der Waals surface area contributed by atoms with E-state index in [1.807, 2.05) is 25.2 Å². The molecule has 1 aliphatic carbocycles. The standard InChI is InChI=1S/C15H17BrN2O2/c1-17-7-8-18(13(15(17)20)10-5-6-10)14(19)11-3-2-4-12(16)9-11/h2-4,9-10,13H,5-8H2,1H3. The number of hydrogen-bond acceptors (Lipinski definition) is 2. The van der Waals surface area contributed by atoms with Crippen molar-refractivity contribution in [2.45, 2.75) is 18.9 Å². The maximum atomic E-state index is 12.7. The number of nitrogens with zero attached hydrogens (tertiary/aromatic N) is 2. The van der Waals surface area contributed by atoms with Crippen LogP contribution in [0.1, 0.15) is 23.2 Å². The van der Waals surface area contributed by atoms with Crippen molar-refractivity contribution in [3.63, 3.8) is 0 Å². The van der Waals surface area contributed by atoms with Crippen molar-refractivity contribution in [1.29, 1.82) is 0 Å². The number of hydrogen-bond donors (Lipinski definition) is 0. The highest BCUT2D eigenvalue weighted by atomic mass is 79.9. The summed E-state index contributed by atoms with van der Waals surface area (Å²) in [6.07, 6.45) is 2.10. The summed E-state index contributed by atoms with van der Waals surface area (Å²) < 4.78 is 0.881. The Morgan fingerprint density at radius 1 is 1.30 bits per heavy atom. The van der Waals surface area contributed by atoms with Crippen LogP contribution in [0.3, 0.4) is 0 Å². The van der Waals surface area contributed by atoms with Gasteiger partial charge in [0.05, 0.1) is 0 Å². The van der Waals surface area contributed by atoms with Crippen molar-refractivity contribution in [3.05, 3.63) is 34.3 Å². The van der Waals surface area contributed by atoms with Crippen LogP contribution in [0.2, 0.25) is 0 Å². The molecule has 3 rings (SSSR count). The van der Waals surface area contributed by atoms with Gasteiger partial charge in [0.25, 0.3) is 5.91 Å². The Kier molecular flexibility index (Phi) is 3.54. The number of amides is 2. The lowest BCUT2D eigenvalue weighted by Gasteiger charge is -2.39. The first-order chi connectivity index (χ1) is 9.58. The number of likely N-dealkylation sites (N-methyl/N-ethyl adjacent to an activating group) is 1. The van der Waals surface area contributed by atoms with Crippen molar-refractivity contribution >= 4 is 27.7 Å². The van der Waals surface area contributed by atoms with Gasteiger partial charge in [0.15, 0.2) is 0 Å². The minimum absolute atomic E-state index is 0.0374. The molecule has 4 nitrogen and oxygen atoms in total. The summed E-state index contributed by atoms with van der Waals surface area (Å²) in [5.74, 6) is 0.396. The van der Waals surface area contributed by atoms with Crippen LogP contribution >= 0.6 is 15.9 Å². The van der Waals surface area contributed by atoms with Crippen LogP contribution in [0.25, 0.3) is 0 Å². The molecule has 2 aliphatic rings. The first kappa shape index (κ1) is 13.6. The fourth-order valence-electron chi connectivity index (χ4n) is 2.75. The van der Waals surface area contributed by atoms with Crippen LogP contribution in [-0.4, -0.2) is 47.8 Å². The minimum atomic E-state index is -0.264. The predicted molar refractivity (Wildman–Crippen MR) is 79.3 cm³/mol. The highest BCUT2D eigenvalue weighted by molar-refractivity contribution is 9.10. The fourth-order valence-corrected chi connectivity index (χ4v) is 3.15. The molecule has 0 aromatic heterocycles. The highest BCUT2D eigenvalue weighted by Crippen LogP contribution is 2.37. The van der Waals surface area contributed by atoms with E-state index in [2.05, 4.69) is 15.9 Å². The maximum absolute atomic E-state index is 12.7. The molecule has 106 valence electrons. The zero-order valence-corrected chi connectivity index (χ0v) is 13.0. The van der Waals surface area contributed by atoms with Gasteiger partial charge in [-0.2, -0.15) is 0 Å². The van der Waals surface area contributed by atoms with Gasteiger partial charge in [-0.1, -0.05) is 22.0 Å². The SMILES string of the molecule is CN1CCN(C(=O)c2cccc(Br)c2)C(C2CC2)C1=O. The van der Waals surface area contributed by atoms with E-state index >= 15 is 0 Å². The van der Waals surface area contributed by atoms with Gasteiger partial charge < -0.3 is 9.80 Å². The molecule has 5 heteroatoms. The van der Waals surface area contributed by atoms with Gasteiger partial charge in [0, 0.05) is 30.2 Å². The molecule has 2 fully saturated rings. The molecule has 1 heterocycles. The van der Waals surface area contributed by atoms with E-state index in [0.717, 1.165) is 17.3 Å². The summed E-state index contributed by atoms with van der Waals surface area (Å²) in [5.41, 5.74) is 0.641. The first-order valence-electron chi connectivity index (χ1n) is 6.89. The van der Waals surface area contributed by atoms with E-state index in [0.29, 0.717) is 24.6 Å². The molecule has 2 amide bonds. The number of carbonyl (C=O) groups excluding carboxylic acids is 2. The zero-order chi connectivity index (χ0) is 14.3. The second-order valence-electron chi connectivity index (χ2n) is 5.55. The van der Waals surface area contributed by atoms with Crippen molar-refractivity contribution in [1.82, 2.24) is 9.80 Å². The summed E-state index contributed by atoms with van der Waals surface area (Å²) >= 11 is 3.39. The summed E-state index contributed by atoms with van der Waals surface area (Å²) in [6, 6.07) is 7.10. The lowest BCUT2D eigenvalue weighted by atomic mass is 10.0. The topological polar surface area (TPSA) is 40.6 Å². The van der Waals surface area contributed by atoms with Crippen molar-refractivity contribution in [2.75, 3.05) is 20.1 Å². The van der Waals surface area contributed by atoms with Gasteiger partial charge in [0.2, 0.25) is 5.91 Å². The molecule has 0 N–H and O–H groups in total. The smallest absolute Gasteiger partial charge is 0.254 e. The van der Waals surface area contributed by atoms with Crippen LogP contribution in [0, 0.1) is 5.92 Å². The summed E-state index contributed by atoms with van der Waals surface area (Å²) in [5, 5.41) is 0. The quantitative estimate of drug-likeness (QED) is 0.830. The van der Waals surface area contributed by atoms with Gasteiger partial charge in [-0.05, 0) is 37.0 Å². The lowest BCUT2D eigenvalue weighted by Crippen LogP contribution is -2.58. The fraction of sp³-hybridized carbons (Fsp3) is 0.467. The normalized spacial score (nSPS) is 23.1. The average Bonchev–Trinajstić information content (AvgIpc) is 3.25. The Morgan fingerprint density at radius 2 is 2.05 bits per heavy atom. The van der Waals surface area contributed by atoms with E-state index in [9.17, 15) is 9.59 Å². The lowest BCUT2D eigenvalue weighted by molar-refractivity contribution is -0.139. The van der Waals surface area contributed by atoms with Gasteiger partial charge >= 0.3 is 0 Å². The molecular weight excluding hydrogens is 320 g/mol. The molecule has 1 saturated heterocycles. The molecule has 20 heavy (non-hydrogen) atoms. The highest BCUT2D eigenvalue weighted by Gasteiger charge is 2.45. The van der Waals surface area contributed by atoms with Crippen molar-refractivity contribution in [2.24, 2.45) is 5.92 Å². The number of piperazine rings is 1.